The normalized spacial score (nSPS) is 13.9. The van der Waals surface area contributed by atoms with Crippen molar-refractivity contribution >= 4 is 17.5 Å². The zero-order chi connectivity index (χ0) is 14.3. The molecular weight excluding hydrogens is 260 g/mol. The van der Waals surface area contributed by atoms with Crippen molar-refractivity contribution < 1.29 is 4.79 Å². The van der Waals surface area contributed by atoms with Gasteiger partial charge in [-0.3, -0.25) is 4.79 Å². The van der Waals surface area contributed by atoms with Crippen molar-refractivity contribution in [2.24, 2.45) is 0 Å². The fraction of sp³-hybridized carbons (Fsp3) is 0.533. The van der Waals surface area contributed by atoms with Gasteiger partial charge in [0, 0.05) is 17.1 Å². The molecule has 4 heteroatoms. The maximum absolute atomic E-state index is 11.7. The van der Waals surface area contributed by atoms with Crippen LogP contribution in [-0.4, -0.2) is 18.5 Å². The molecule has 19 heavy (non-hydrogen) atoms. The Labute approximate surface area is 120 Å². The zero-order valence-corrected chi connectivity index (χ0v) is 12.6. The largest absolute Gasteiger partial charge is 0.353 e. The van der Waals surface area contributed by atoms with Crippen LogP contribution in [0, 0.1) is 0 Å². The summed E-state index contributed by atoms with van der Waals surface area (Å²) < 4.78 is 0. The van der Waals surface area contributed by atoms with Crippen LogP contribution in [0.1, 0.15) is 45.2 Å². The molecule has 0 spiro atoms. The fourth-order valence-corrected chi connectivity index (χ4v) is 2.17. The quantitative estimate of drug-likeness (QED) is 0.806. The van der Waals surface area contributed by atoms with Gasteiger partial charge in [-0.1, -0.05) is 37.1 Å². The van der Waals surface area contributed by atoms with Gasteiger partial charge in [-0.05, 0) is 38.0 Å². The minimum absolute atomic E-state index is 0.0369. The van der Waals surface area contributed by atoms with Crippen LogP contribution < -0.4 is 10.6 Å². The molecule has 0 aliphatic rings. The van der Waals surface area contributed by atoms with E-state index in [1.165, 1.54) is 0 Å². The number of amides is 1. The highest BCUT2D eigenvalue weighted by Crippen LogP contribution is 2.16. The average Bonchev–Trinajstić information content (AvgIpc) is 2.36. The van der Waals surface area contributed by atoms with Crippen LogP contribution in [0.4, 0.5) is 0 Å². The molecule has 0 aliphatic heterocycles. The number of benzene rings is 1. The first-order valence-electron chi connectivity index (χ1n) is 6.81. The summed E-state index contributed by atoms with van der Waals surface area (Å²) in [4.78, 5) is 11.7. The standard InChI is InChI=1S/C15H23ClN2O/c1-4-6-11(2)18-15(19)10-17-12(3)13-7-5-8-14(16)9-13/h5,7-9,11-12,17H,4,6,10H2,1-3H3,(H,18,19)/t11?,12-/m1/s1. The van der Waals surface area contributed by atoms with E-state index in [0.29, 0.717) is 11.6 Å². The second-order valence-electron chi connectivity index (χ2n) is 4.91. The zero-order valence-electron chi connectivity index (χ0n) is 11.9. The molecule has 0 saturated carbocycles. The third kappa shape index (κ3) is 6.08. The summed E-state index contributed by atoms with van der Waals surface area (Å²) in [6, 6.07) is 8.01. The van der Waals surface area contributed by atoms with E-state index in [1.54, 1.807) is 0 Å². The van der Waals surface area contributed by atoms with Gasteiger partial charge in [0.15, 0.2) is 0 Å². The molecule has 1 rings (SSSR count). The summed E-state index contributed by atoms with van der Waals surface area (Å²) in [6.07, 6.45) is 2.09. The Kier molecular flexibility index (Phi) is 6.89. The van der Waals surface area contributed by atoms with Crippen LogP contribution in [0.25, 0.3) is 0 Å². The van der Waals surface area contributed by atoms with E-state index in [2.05, 4.69) is 17.6 Å². The Hall–Kier alpha value is -1.06. The van der Waals surface area contributed by atoms with Crippen LogP contribution in [-0.2, 0) is 4.79 Å². The number of hydrogen-bond acceptors (Lipinski definition) is 2. The summed E-state index contributed by atoms with van der Waals surface area (Å²) in [5, 5.41) is 6.89. The Balaban J connectivity index is 2.37. The molecule has 0 saturated heterocycles. The molecule has 3 nitrogen and oxygen atoms in total. The van der Waals surface area contributed by atoms with E-state index in [4.69, 9.17) is 11.6 Å². The van der Waals surface area contributed by atoms with Gasteiger partial charge in [0.05, 0.1) is 6.54 Å². The van der Waals surface area contributed by atoms with Gasteiger partial charge in [-0.2, -0.15) is 0 Å². The number of carbonyl (C=O) groups is 1. The molecule has 0 radical (unpaired) electrons. The summed E-state index contributed by atoms with van der Waals surface area (Å²) in [5.41, 5.74) is 1.09. The summed E-state index contributed by atoms with van der Waals surface area (Å²) >= 11 is 5.95. The number of nitrogens with one attached hydrogen (secondary N) is 2. The molecule has 0 aliphatic carbocycles. The first-order valence-corrected chi connectivity index (χ1v) is 7.19. The molecule has 1 amide bonds. The van der Waals surface area contributed by atoms with Crippen molar-refractivity contribution in [2.45, 2.75) is 45.7 Å². The van der Waals surface area contributed by atoms with E-state index in [1.807, 2.05) is 38.1 Å². The molecule has 1 aromatic carbocycles. The number of hydrogen-bond donors (Lipinski definition) is 2. The lowest BCUT2D eigenvalue weighted by atomic mass is 10.1. The minimum atomic E-state index is 0.0369. The van der Waals surface area contributed by atoms with Crippen LogP contribution in [0.3, 0.4) is 0 Å². The van der Waals surface area contributed by atoms with Gasteiger partial charge in [0.25, 0.3) is 0 Å². The van der Waals surface area contributed by atoms with Crippen LogP contribution in [0.15, 0.2) is 24.3 Å². The lowest BCUT2D eigenvalue weighted by molar-refractivity contribution is -0.121. The van der Waals surface area contributed by atoms with E-state index in [0.717, 1.165) is 18.4 Å². The Morgan fingerprint density at radius 1 is 1.37 bits per heavy atom. The number of rotatable bonds is 7. The van der Waals surface area contributed by atoms with Gasteiger partial charge in [0.2, 0.25) is 5.91 Å². The fourth-order valence-electron chi connectivity index (χ4n) is 1.97. The molecule has 1 unspecified atom stereocenters. The van der Waals surface area contributed by atoms with Gasteiger partial charge < -0.3 is 10.6 Å². The molecule has 1 aromatic rings. The SMILES string of the molecule is CCCC(C)NC(=O)CN[C@H](C)c1cccc(Cl)c1. The Morgan fingerprint density at radius 2 is 2.11 bits per heavy atom. The molecule has 2 atom stereocenters. The second kappa shape index (κ2) is 8.18. The van der Waals surface area contributed by atoms with Crippen molar-refractivity contribution in [3.8, 4) is 0 Å². The predicted molar refractivity (Wildman–Crippen MR) is 80.4 cm³/mol. The summed E-state index contributed by atoms with van der Waals surface area (Å²) in [5.74, 6) is 0.0369. The van der Waals surface area contributed by atoms with Crippen molar-refractivity contribution in [3.05, 3.63) is 34.9 Å². The van der Waals surface area contributed by atoms with Crippen LogP contribution in [0.5, 0.6) is 0 Å². The van der Waals surface area contributed by atoms with Gasteiger partial charge >= 0.3 is 0 Å². The topological polar surface area (TPSA) is 41.1 Å². The second-order valence-corrected chi connectivity index (χ2v) is 5.35. The van der Waals surface area contributed by atoms with E-state index >= 15 is 0 Å². The smallest absolute Gasteiger partial charge is 0.234 e. The van der Waals surface area contributed by atoms with Gasteiger partial charge in [0.1, 0.15) is 0 Å². The maximum Gasteiger partial charge on any atom is 0.234 e. The molecule has 0 bridgehead atoms. The Morgan fingerprint density at radius 3 is 2.74 bits per heavy atom. The lowest BCUT2D eigenvalue weighted by Crippen LogP contribution is -2.39. The maximum atomic E-state index is 11.7. The number of halogens is 1. The van der Waals surface area contributed by atoms with Crippen molar-refractivity contribution in [1.29, 1.82) is 0 Å². The molecule has 106 valence electrons. The minimum Gasteiger partial charge on any atom is -0.353 e. The lowest BCUT2D eigenvalue weighted by Gasteiger charge is -2.16. The van der Waals surface area contributed by atoms with Crippen LogP contribution >= 0.6 is 11.6 Å². The molecule has 2 N–H and O–H groups in total. The van der Waals surface area contributed by atoms with Crippen LogP contribution in [0.2, 0.25) is 5.02 Å². The molecule has 0 fully saturated rings. The summed E-state index contributed by atoms with van der Waals surface area (Å²) in [6.45, 7) is 6.49. The third-order valence-electron chi connectivity index (χ3n) is 3.05. The van der Waals surface area contributed by atoms with Crippen molar-refractivity contribution in [3.63, 3.8) is 0 Å². The van der Waals surface area contributed by atoms with Crippen molar-refractivity contribution in [2.75, 3.05) is 6.54 Å². The highest BCUT2D eigenvalue weighted by Gasteiger charge is 2.09. The monoisotopic (exact) mass is 282 g/mol. The predicted octanol–water partition coefficient (Wildman–Crippen LogP) is 3.30. The van der Waals surface area contributed by atoms with E-state index in [9.17, 15) is 4.79 Å². The first kappa shape index (κ1) is 16.0. The molecular formula is C15H23ClN2O. The van der Waals surface area contributed by atoms with Crippen molar-refractivity contribution in [1.82, 2.24) is 10.6 Å². The molecule has 0 heterocycles. The highest BCUT2D eigenvalue weighted by molar-refractivity contribution is 6.30. The van der Waals surface area contributed by atoms with E-state index in [-0.39, 0.29) is 18.0 Å². The Bertz CT molecular complexity index is 409. The van der Waals surface area contributed by atoms with Gasteiger partial charge in [-0.25, -0.2) is 0 Å². The third-order valence-corrected chi connectivity index (χ3v) is 3.28. The van der Waals surface area contributed by atoms with E-state index < -0.39 is 0 Å². The van der Waals surface area contributed by atoms with Gasteiger partial charge in [-0.15, -0.1) is 0 Å². The average molecular weight is 283 g/mol. The highest BCUT2D eigenvalue weighted by atomic mass is 35.5. The number of carbonyl (C=O) groups excluding carboxylic acids is 1. The summed E-state index contributed by atoms with van der Waals surface area (Å²) in [7, 11) is 0. The molecule has 0 aromatic heterocycles. The first-order chi connectivity index (χ1) is 9.02.